The van der Waals surface area contributed by atoms with Gasteiger partial charge in [-0.2, -0.15) is 0 Å². The summed E-state index contributed by atoms with van der Waals surface area (Å²) in [5.74, 6) is 0.393. The van der Waals surface area contributed by atoms with Gasteiger partial charge in [0.05, 0.1) is 39.3 Å². The van der Waals surface area contributed by atoms with Crippen LogP contribution in [-0.2, 0) is 35.9 Å². The first-order chi connectivity index (χ1) is 26.0. The number of benzene rings is 4. The molecule has 0 spiro atoms. The molecule has 1 N–H and O–H groups in total. The van der Waals surface area contributed by atoms with Crippen LogP contribution in [0.15, 0.2) is 125 Å². The smallest absolute Gasteiger partial charge is 0.407 e. The number of hydrogen-bond acceptors (Lipinski definition) is 9. The van der Waals surface area contributed by atoms with Crippen molar-refractivity contribution in [2.75, 3.05) is 26.0 Å². The number of alkyl carbamates (subject to hydrolysis) is 1. The minimum atomic E-state index is -3.98. The predicted octanol–water partition coefficient (Wildman–Crippen LogP) is 6.36. The summed E-state index contributed by atoms with van der Waals surface area (Å²) in [6.07, 6.45) is 3.58. The van der Waals surface area contributed by atoms with Crippen LogP contribution >= 0.6 is 0 Å². The SMILES string of the molecule is Cc1ccc(S(=O)(=O)n2ccc3c2ncc2c(-c4ccc(S(C)(=O)=O)cc4)nc(COCCNC(=O)OCC4c5ccccc5-c5ccccc54)n23)cc1. The van der Waals surface area contributed by atoms with Crippen LogP contribution in [-0.4, -0.2) is 67.3 Å². The topological polar surface area (TPSA) is 151 Å². The van der Waals surface area contributed by atoms with Crippen LogP contribution < -0.4 is 5.32 Å². The first-order valence-corrected chi connectivity index (χ1v) is 20.5. The third-order valence-electron chi connectivity index (χ3n) is 9.56. The zero-order valence-electron chi connectivity index (χ0n) is 29.3. The fourth-order valence-corrected chi connectivity index (χ4v) is 8.84. The third-order valence-corrected chi connectivity index (χ3v) is 12.4. The van der Waals surface area contributed by atoms with Crippen LogP contribution in [0.25, 0.3) is 39.1 Å². The second kappa shape index (κ2) is 13.9. The summed E-state index contributed by atoms with van der Waals surface area (Å²) in [7, 11) is -7.39. The van der Waals surface area contributed by atoms with Gasteiger partial charge in [-0.3, -0.25) is 4.40 Å². The third kappa shape index (κ3) is 6.42. The summed E-state index contributed by atoms with van der Waals surface area (Å²) in [6.45, 7) is 2.38. The van der Waals surface area contributed by atoms with E-state index in [4.69, 9.17) is 14.5 Å². The van der Waals surface area contributed by atoms with Crippen molar-refractivity contribution in [2.45, 2.75) is 29.2 Å². The number of fused-ring (bicyclic) bond motifs is 6. The average molecular weight is 762 g/mol. The van der Waals surface area contributed by atoms with Crippen LogP contribution in [0.5, 0.6) is 0 Å². The van der Waals surface area contributed by atoms with Crippen molar-refractivity contribution in [2.24, 2.45) is 0 Å². The van der Waals surface area contributed by atoms with E-state index >= 15 is 0 Å². The largest absolute Gasteiger partial charge is 0.449 e. The number of rotatable bonds is 11. The molecule has 4 aromatic carbocycles. The summed E-state index contributed by atoms with van der Waals surface area (Å²) in [4.78, 5) is 22.4. The molecule has 0 fully saturated rings. The Balaban J connectivity index is 1.01. The number of amides is 1. The van der Waals surface area contributed by atoms with Gasteiger partial charge < -0.3 is 14.8 Å². The maximum absolute atomic E-state index is 13.7. The Bertz CT molecular complexity index is 2730. The van der Waals surface area contributed by atoms with Gasteiger partial charge in [-0.05, 0) is 59.5 Å². The van der Waals surface area contributed by atoms with Gasteiger partial charge in [0.1, 0.15) is 19.0 Å². The van der Waals surface area contributed by atoms with Gasteiger partial charge in [-0.1, -0.05) is 78.4 Å². The Morgan fingerprint density at radius 1 is 0.815 bits per heavy atom. The maximum Gasteiger partial charge on any atom is 0.407 e. The van der Waals surface area contributed by atoms with Crippen molar-refractivity contribution in [3.63, 3.8) is 0 Å². The molecule has 1 amide bonds. The van der Waals surface area contributed by atoms with E-state index in [1.165, 1.54) is 18.3 Å². The summed E-state index contributed by atoms with van der Waals surface area (Å²) in [6, 6.07) is 30.9. The van der Waals surface area contributed by atoms with E-state index in [-0.39, 0.29) is 47.7 Å². The summed E-state index contributed by atoms with van der Waals surface area (Å²) in [5.41, 5.74) is 7.85. The zero-order valence-corrected chi connectivity index (χ0v) is 31.0. The number of hydrogen-bond donors (Lipinski definition) is 1. The van der Waals surface area contributed by atoms with Gasteiger partial charge in [-0.15, -0.1) is 0 Å². The van der Waals surface area contributed by atoms with Crippen molar-refractivity contribution in [1.29, 1.82) is 0 Å². The van der Waals surface area contributed by atoms with Crippen molar-refractivity contribution in [1.82, 2.24) is 23.7 Å². The molecule has 12 nitrogen and oxygen atoms in total. The lowest BCUT2D eigenvalue weighted by atomic mass is 9.98. The van der Waals surface area contributed by atoms with Crippen molar-refractivity contribution >= 4 is 42.6 Å². The van der Waals surface area contributed by atoms with Gasteiger partial charge in [0.25, 0.3) is 10.0 Å². The second-order valence-corrected chi connectivity index (χ2v) is 16.9. The number of aryl methyl sites for hydroxylation is 1. The van der Waals surface area contributed by atoms with Crippen molar-refractivity contribution < 1.29 is 31.1 Å². The van der Waals surface area contributed by atoms with E-state index < -0.39 is 26.0 Å². The van der Waals surface area contributed by atoms with Crippen LogP contribution in [0.2, 0.25) is 0 Å². The highest BCUT2D eigenvalue weighted by Gasteiger charge is 2.29. The Morgan fingerprint density at radius 2 is 1.46 bits per heavy atom. The summed E-state index contributed by atoms with van der Waals surface area (Å²) < 4.78 is 66.2. The van der Waals surface area contributed by atoms with Gasteiger partial charge in [-0.25, -0.2) is 35.6 Å². The number of carbonyl (C=O) groups excluding carboxylic acids is 1. The molecule has 54 heavy (non-hydrogen) atoms. The van der Waals surface area contributed by atoms with Gasteiger partial charge in [0, 0.05) is 30.5 Å². The second-order valence-electron chi connectivity index (χ2n) is 13.1. The molecule has 274 valence electrons. The van der Waals surface area contributed by atoms with Crippen LogP contribution in [0, 0.1) is 6.92 Å². The standard InChI is InChI=1S/C40H35N5O7S2/c1-26-11-15-29(16-12-26)54(49,50)44-21-19-35-39(44)42-23-36-38(27-13-17-28(18-14-27)53(2,47)48)43-37(45(35)36)25-51-22-20-41-40(46)52-24-34-32-9-5-3-7-30(32)31-8-4-6-10-33(31)34/h3-19,21,23,34H,20,22,24-25H2,1-2H3,(H,41,46). The Labute approximate surface area is 312 Å². The Kier molecular flexibility index (Phi) is 9.04. The molecule has 0 bridgehead atoms. The van der Waals surface area contributed by atoms with Crippen molar-refractivity contribution in [3.05, 3.63) is 138 Å². The van der Waals surface area contributed by atoms with E-state index in [9.17, 15) is 21.6 Å². The van der Waals surface area contributed by atoms with E-state index in [1.54, 1.807) is 53.1 Å². The molecule has 8 rings (SSSR count). The highest BCUT2D eigenvalue weighted by atomic mass is 32.2. The first kappa shape index (κ1) is 35.2. The molecule has 3 heterocycles. The monoisotopic (exact) mass is 761 g/mol. The summed E-state index contributed by atoms with van der Waals surface area (Å²) in [5, 5.41) is 2.75. The minimum Gasteiger partial charge on any atom is -0.449 e. The molecule has 1 aliphatic rings. The van der Waals surface area contributed by atoms with Gasteiger partial charge >= 0.3 is 6.09 Å². The lowest BCUT2D eigenvalue weighted by Crippen LogP contribution is -2.29. The average Bonchev–Trinajstić information content (AvgIpc) is 3.86. The summed E-state index contributed by atoms with van der Waals surface area (Å²) >= 11 is 0. The van der Waals surface area contributed by atoms with Crippen LogP contribution in [0.1, 0.15) is 28.4 Å². The van der Waals surface area contributed by atoms with E-state index in [2.05, 4.69) is 34.6 Å². The van der Waals surface area contributed by atoms with Crippen LogP contribution in [0.4, 0.5) is 4.79 Å². The molecular weight excluding hydrogens is 727 g/mol. The highest BCUT2D eigenvalue weighted by molar-refractivity contribution is 7.90. The normalized spacial score (nSPS) is 12.9. The predicted molar refractivity (Wildman–Crippen MR) is 204 cm³/mol. The minimum absolute atomic E-state index is 0.00393. The van der Waals surface area contributed by atoms with E-state index in [0.29, 0.717) is 28.1 Å². The molecule has 1 aliphatic carbocycles. The molecular formula is C40H35N5O7S2. The molecule has 3 aromatic heterocycles. The Morgan fingerprint density at radius 3 is 2.13 bits per heavy atom. The molecule has 0 saturated heterocycles. The molecule has 0 radical (unpaired) electrons. The van der Waals surface area contributed by atoms with Gasteiger partial charge in [0.15, 0.2) is 15.5 Å². The molecule has 0 atom stereocenters. The molecule has 7 aromatic rings. The quantitative estimate of drug-likeness (QED) is 0.149. The highest BCUT2D eigenvalue weighted by Crippen LogP contribution is 2.44. The molecule has 0 aliphatic heterocycles. The zero-order chi connectivity index (χ0) is 37.6. The number of sulfone groups is 1. The maximum atomic E-state index is 13.7. The lowest BCUT2D eigenvalue weighted by Gasteiger charge is -2.14. The van der Waals surface area contributed by atoms with E-state index in [1.807, 2.05) is 31.2 Å². The molecule has 0 unspecified atom stereocenters. The molecule has 14 heteroatoms. The van der Waals surface area contributed by atoms with Crippen LogP contribution in [0.3, 0.4) is 0 Å². The fourth-order valence-electron chi connectivity index (χ4n) is 6.91. The Hall–Kier alpha value is -5.83. The number of ether oxygens (including phenoxy) is 2. The van der Waals surface area contributed by atoms with Crippen molar-refractivity contribution in [3.8, 4) is 22.4 Å². The number of imidazole rings is 1. The number of nitrogens with one attached hydrogen (secondary N) is 1. The molecule has 0 saturated carbocycles. The lowest BCUT2D eigenvalue weighted by molar-refractivity contribution is 0.108. The van der Waals surface area contributed by atoms with Gasteiger partial charge in [0.2, 0.25) is 0 Å². The first-order valence-electron chi connectivity index (χ1n) is 17.2. The number of aromatic nitrogens is 4. The van der Waals surface area contributed by atoms with E-state index in [0.717, 1.165) is 38.0 Å². The number of nitrogens with zero attached hydrogens (tertiary/aromatic N) is 4. The fraction of sp³-hybridized carbons (Fsp3) is 0.175. The number of carbonyl (C=O) groups is 1.